The second-order valence-corrected chi connectivity index (χ2v) is 8.54. The Morgan fingerprint density at radius 3 is 2.49 bits per heavy atom. The lowest BCUT2D eigenvalue weighted by Gasteiger charge is -2.29. The van der Waals surface area contributed by atoms with Gasteiger partial charge >= 0.3 is 0 Å². The van der Waals surface area contributed by atoms with Crippen LogP contribution < -0.4 is 9.47 Å². The minimum atomic E-state index is -0.783. The maximum absolute atomic E-state index is 13.4. The minimum Gasteiger partial charge on any atom is -0.503 e. The number of ketones is 1. The maximum atomic E-state index is 13.4. The monoisotopic (exact) mass is 484 g/mol. The van der Waals surface area contributed by atoms with Gasteiger partial charge in [0.2, 0.25) is 5.78 Å². The van der Waals surface area contributed by atoms with Crippen LogP contribution in [0.2, 0.25) is 0 Å². The van der Waals surface area contributed by atoms with Gasteiger partial charge in [-0.25, -0.2) is 0 Å². The Morgan fingerprint density at radius 1 is 1.14 bits per heavy atom. The first-order valence-electron chi connectivity index (χ1n) is 12.2. The third kappa shape index (κ3) is 5.70. The normalized spacial score (nSPS) is 15.9. The van der Waals surface area contributed by atoms with E-state index in [1.165, 1.54) is 0 Å². The molecule has 1 aliphatic heterocycles. The van der Waals surface area contributed by atoms with Crippen molar-refractivity contribution in [3.05, 3.63) is 58.7 Å². The van der Waals surface area contributed by atoms with Crippen molar-refractivity contribution in [3.63, 3.8) is 0 Å². The summed E-state index contributed by atoms with van der Waals surface area (Å²) < 4.78 is 17.0. The van der Waals surface area contributed by atoms with Gasteiger partial charge in [0.15, 0.2) is 23.0 Å². The Morgan fingerprint density at radius 2 is 1.89 bits per heavy atom. The highest BCUT2D eigenvalue weighted by Crippen LogP contribution is 2.41. The van der Waals surface area contributed by atoms with Crippen molar-refractivity contribution in [2.75, 3.05) is 39.9 Å². The van der Waals surface area contributed by atoms with Gasteiger partial charge in [-0.15, -0.1) is 0 Å². The van der Waals surface area contributed by atoms with Gasteiger partial charge in [-0.3, -0.25) is 9.59 Å². The van der Waals surface area contributed by atoms with Gasteiger partial charge < -0.3 is 28.8 Å². The van der Waals surface area contributed by atoms with Gasteiger partial charge in [-0.1, -0.05) is 33.3 Å². The van der Waals surface area contributed by atoms with Gasteiger partial charge in [0.25, 0.3) is 5.91 Å². The molecule has 0 radical (unpaired) electrons. The number of hydrogen-bond donors (Lipinski definition) is 1. The molecule has 8 nitrogen and oxygen atoms in total. The number of carbonyl (C=O) groups excluding carboxylic acids is 2. The minimum absolute atomic E-state index is 0.00519. The second kappa shape index (κ2) is 11.9. The molecule has 2 heterocycles. The van der Waals surface area contributed by atoms with Crippen LogP contribution in [0.4, 0.5) is 0 Å². The lowest BCUT2D eigenvalue weighted by atomic mass is 9.94. The number of Topliss-reactive ketones (excluding diaryl/α,β-unsaturated/α-hetero) is 1. The Labute approximate surface area is 207 Å². The van der Waals surface area contributed by atoms with Gasteiger partial charge in [0, 0.05) is 13.1 Å². The molecular weight excluding hydrogens is 448 g/mol. The Kier molecular flexibility index (Phi) is 8.98. The van der Waals surface area contributed by atoms with Gasteiger partial charge in [-0.2, -0.15) is 0 Å². The van der Waals surface area contributed by atoms with Crippen LogP contribution in [0.3, 0.4) is 0 Å². The van der Waals surface area contributed by atoms with Gasteiger partial charge in [0.1, 0.15) is 5.76 Å². The summed E-state index contributed by atoms with van der Waals surface area (Å²) in [5.41, 5.74) is 0.652. The van der Waals surface area contributed by atoms with E-state index >= 15 is 0 Å². The van der Waals surface area contributed by atoms with E-state index in [0.29, 0.717) is 42.5 Å². The number of carbonyl (C=O) groups is 2. The van der Waals surface area contributed by atoms with E-state index in [1.54, 1.807) is 43.2 Å². The molecule has 8 heteroatoms. The summed E-state index contributed by atoms with van der Waals surface area (Å²) in [6, 6.07) is 7.82. The summed E-state index contributed by atoms with van der Waals surface area (Å²) in [6.07, 6.45) is 1.92. The first kappa shape index (κ1) is 26.3. The largest absolute Gasteiger partial charge is 0.503 e. The highest BCUT2D eigenvalue weighted by atomic mass is 16.5. The lowest BCUT2D eigenvalue weighted by molar-refractivity contribution is -0.129. The average molecular weight is 485 g/mol. The fourth-order valence-corrected chi connectivity index (χ4v) is 4.24. The molecule has 0 spiro atoms. The molecule has 2 aromatic rings. The summed E-state index contributed by atoms with van der Waals surface area (Å²) in [5.74, 6) is 0.114. The molecule has 0 bridgehead atoms. The molecule has 3 rings (SSSR count). The highest BCUT2D eigenvalue weighted by Gasteiger charge is 2.44. The summed E-state index contributed by atoms with van der Waals surface area (Å²) in [4.78, 5) is 30.3. The fourth-order valence-electron chi connectivity index (χ4n) is 4.24. The smallest absolute Gasteiger partial charge is 0.290 e. The quantitative estimate of drug-likeness (QED) is 0.326. The van der Waals surface area contributed by atoms with Crippen molar-refractivity contribution in [2.45, 2.75) is 46.6 Å². The Balaban J connectivity index is 2.02. The van der Waals surface area contributed by atoms with E-state index in [9.17, 15) is 14.7 Å². The number of rotatable bonds is 13. The molecule has 0 saturated heterocycles. The molecular formula is C27H36N2O6. The maximum Gasteiger partial charge on any atom is 0.290 e. The number of aliphatic hydroxyl groups is 1. The number of aryl methyl sites for hydroxylation is 1. The first-order valence-corrected chi connectivity index (χ1v) is 12.2. The Bertz CT molecular complexity index is 1070. The van der Waals surface area contributed by atoms with Crippen LogP contribution in [0.25, 0.3) is 0 Å². The molecule has 1 aromatic heterocycles. The van der Waals surface area contributed by atoms with E-state index in [2.05, 4.69) is 25.7 Å². The van der Waals surface area contributed by atoms with Crippen molar-refractivity contribution in [1.82, 2.24) is 9.80 Å². The van der Waals surface area contributed by atoms with E-state index in [-0.39, 0.29) is 11.3 Å². The fraction of sp³-hybridized carbons (Fsp3) is 0.481. The molecule has 0 aliphatic carbocycles. The van der Waals surface area contributed by atoms with E-state index in [0.717, 1.165) is 25.9 Å². The van der Waals surface area contributed by atoms with E-state index in [1.807, 2.05) is 6.07 Å². The number of hydrogen-bond acceptors (Lipinski definition) is 7. The first-order chi connectivity index (χ1) is 16.9. The molecule has 0 fully saturated rings. The molecule has 1 amide bonds. The molecule has 1 unspecified atom stereocenters. The molecule has 0 saturated carbocycles. The Hall–Kier alpha value is -3.26. The van der Waals surface area contributed by atoms with Crippen LogP contribution in [0.5, 0.6) is 11.5 Å². The predicted molar refractivity (Wildman–Crippen MR) is 133 cm³/mol. The average Bonchev–Trinajstić information content (AvgIpc) is 3.41. The van der Waals surface area contributed by atoms with Gasteiger partial charge in [0.05, 0.1) is 25.3 Å². The van der Waals surface area contributed by atoms with Crippen LogP contribution in [-0.2, 0) is 4.79 Å². The zero-order valence-electron chi connectivity index (χ0n) is 21.3. The molecule has 1 aromatic carbocycles. The van der Waals surface area contributed by atoms with E-state index < -0.39 is 23.5 Å². The van der Waals surface area contributed by atoms with E-state index in [4.69, 9.17) is 13.9 Å². The predicted octanol–water partition coefficient (Wildman–Crippen LogP) is 4.70. The zero-order chi connectivity index (χ0) is 25.5. The number of unbranched alkanes of at least 4 members (excludes halogenated alkanes) is 1. The standard InChI is InChI=1S/C27H36N2O6/c1-6-9-16-34-20-13-11-19(17-22(20)33-5)24-23(25(30)21-12-10-18(4)35-21)26(31)27(32)29(24)15-14-28(7-2)8-3/h10-13,17,24,31H,6-9,14-16H2,1-5H3. The van der Waals surface area contributed by atoms with Crippen molar-refractivity contribution in [3.8, 4) is 11.5 Å². The van der Waals surface area contributed by atoms with Crippen molar-refractivity contribution in [2.24, 2.45) is 0 Å². The van der Waals surface area contributed by atoms with Crippen LogP contribution in [0.1, 0.15) is 61.5 Å². The van der Waals surface area contributed by atoms with Crippen LogP contribution in [-0.4, -0.2) is 66.5 Å². The molecule has 35 heavy (non-hydrogen) atoms. The second-order valence-electron chi connectivity index (χ2n) is 8.54. The summed E-state index contributed by atoms with van der Waals surface area (Å²) in [7, 11) is 1.55. The summed E-state index contributed by atoms with van der Waals surface area (Å²) in [5, 5.41) is 10.9. The number of nitrogens with zero attached hydrogens (tertiary/aromatic N) is 2. The molecule has 1 aliphatic rings. The highest BCUT2D eigenvalue weighted by molar-refractivity contribution is 6.15. The number of aliphatic hydroxyl groups excluding tert-OH is 1. The van der Waals surface area contributed by atoms with Crippen LogP contribution >= 0.6 is 0 Å². The summed E-state index contributed by atoms with van der Waals surface area (Å²) >= 11 is 0. The number of likely N-dealkylation sites (N-methyl/N-ethyl adjacent to an activating group) is 1. The third-order valence-electron chi connectivity index (χ3n) is 6.32. The van der Waals surface area contributed by atoms with Gasteiger partial charge in [-0.05, 0) is 56.3 Å². The number of furan rings is 1. The number of ether oxygens (including phenoxy) is 2. The zero-order valence-corrected chi connectivity index (χ0v) is 21.3. The number of benzene rings is 1. The third-order valence-corrected chi connectivity index (χ3v) is 6.32. The number of amides is 1. The van der Waals surface area contributed by atoms with Crippen molar-refractivity contribution >= 4 is 11.7 Å². The molecule has 1 atom stereocenters. The topological polar surface area (TPSA) is 92.5 Å². The van der Waals surface area contributed by atoms with Crippen LogP contribution in [0, 0.1) is 6.92 Å². The van der Waals surface area contributed by atoms with Crippen molar-refractivity contribution < 1.29 is 28.6 Å². The van der Waals surface area contributed by atoms with Crippen LogP contribution in [0.15, 0.2) is 46.1 Å². The SMILES string of the molecule is CCCCOc1ccc(C2C(C(=O)c3ccc(C)o3)=C(O)C(=O)N2CCN(CC)CC)cc1OC. The molecule has 1 N–H and O–H groups in total. The summed E-state index contributed by atoms with van der Waals surface area (Å²) in [6.45, 7) is 11.1. The number of methoxy groups -OCH3 is 1. The molecule has 190 valence electrons. The lowest BCUT2D eigenvalue weighted by Crippen LogP contribution is -2.38. The van der Waals surface area contributed by atoms with Crippen molar-refractivity contribution in [1.29, 1.82) is 0 Å².